The number of hydrogen-bond donors (Lipinski definition) is 0. The van der Waals surface area contributed by atoms with Crippen molar-refractivity contribution in [3.05, 3.63) is 36.0 Å². The molecule has 0 saturated heterocycles. The highest BCUT2D eigenvalue weighted by Gasteiger charge is 1.87. The molecule has 0 aromatic heterocycles. The van der Waals surface area contributed by atoms with E-state index in [1.807, 2.05) is 13.0 Å². The van der Waals surface area contributed by atoms with Crippen molar-refractivity contribution < 1.29 is 4.79 Å². The summed E-state index contributed by atoms with van der Waals surface area (Å²) in [5.41, 5.74) is 2.47. The number of hydrogen-bond acceptors (Lipinski definition) is 1. The average molecular weight is 178 g/mol. The normalized spacial score (nSPS) is 12.8. The smallest absolute Gasteiger partial charge is 0.120 e. The van der Waals surface area contributed by atoms with Crippen LogP contribution in [-0.2, 0) is 4.79 Å². The molecule has 1 nitrogen and oxygen atoms in total. The van der Waals surface area contributed by atoms with E-state index in [4.69, 9.17) is 0 Å². The van der Waals surface area contributed by atoms with Crippen LogP contribution in [0.3, 0.4) is 0 Å². The van der Waals surface area contributed by atoms with Gasteiger partial charge >= 0.3 is 0 Å². The highest BCUT2D eigenvalue weighted by Crippen LogP contribution is 2.05. The van der Waals surface area contributed by atoms with Crippen LogP contribution in [0.2, 0.25) is 0 Å². The standard InChI is InChI=1S/C12H18O/c1-4-11(2)7-5-8-12(3)9-6-10-13/h4,7-8,10H,1,5-6,9H2,2-3H3/b11-7-,12-8+. The van der Waals surface area contributed by atoms with E-state index in [1.165, 1.54) is 11.1 Å². The SMILES string of the molecule is C=C/C(C)=C\C/C=C(\C)CCC=O. The van der Waals surface area contributed by atoms with Crippen LogP contribution in [0.15, 0.2) is 36.0 Å². The maximum atomic E-state index is 10.1. The summed E-state index contributed by atoms with van der Waals surface area (Å²) in [5, 5.41) is 0. The predicted octanol–water partition coefficient (Wildman–Crippen LogP) is 3.43. The molecule has 13 heavy (non-hydrogen) atoms. The molecule has 1 heteroatoms. The van der Waals surface area contributed by atoms with Crippen molar-refractivity contribution in [2.45, 2.75) is 33.1 Å². The third kappa shape index (κ3) is 7.26. The molecule has 0 fully saturated rings. The van der Waals surface area contributed by atoms with E-state index in [0.717, 1.165) is 19.1 Å². The van der Waals surface area contributed by atoms with Gasteiger partial charge in [-0.15, -0.1) is 0 Å². The summed E-state index contributed by atoms with van der Waals surface area (Å²) in [6.07, 6.45) is 9.52. The molecule has 0 saturated carbocycles. The molecule has 0 heterocycles. The Morgan fingerprint density at radius 2 is 2.00 bits per heavy atom. The minimum atomic E-state index is 0.631. The van der Waals surface area contributed by atoms with Gasteiger partial charge in [-0.1, -0.05) is 36.0 Å². The monoisotopic (exact) mass is 178 g/mol. The summed E-state index contributed by atoms with van der Waals surface area (Å²) in [6, 6.07) is 0. The maximum Gasteiger partial charge on any atom is 0.120 e. The molecule has 0 aliphatic carbocycles. The molecule has 0 unspecified atom stereocenters. The predicted molar refractivity (Wildman–Crippen MR) is 57.6 cm³/mol. The Morgan fingerprint density at radius 1 is 1.31 bits per heavy atom. The molecule has 0 spiro atoms. The second kappa shape index (κ2) is 7.53. The van der Waals surface area contributed by atoms with Gasteiger partial charge < -0.3 is 4.79 Å². The highest BCUT2D eigenvalue weighted by molar-refractivity contribution is 5.49. The van der Waals surface area contributed by atoms with Gasteiger partial charge in [-0.3, -0.25) is 0 Å². The zero-order valence-electron chi connectivity index (χ0n) is 8.55. The van der Waals surface area contributed by atoms with E-state index in [-0.39, 0.29) is 0 Å². The van der Waals surface area contributed by atoms with Gasteiger partial charge in [0.05, 0.1) is 0 Å². The molecule has 0 radical (unpaired) electrons. The average Bonchev–Trinajstić information content (AvgIpc) is 2.14. The van der Waals surface area contributed by atoms with Crippen LogP contribution in [0, 0.1) is 0 Å². The lowest BCUT2D eigenvalue weighted by molar-refractivity contribution is -0.107. The van der Waals surface area contributed by atoms with E-state index in [9.17, 15) is 4.79 Å². The van der Waals surface area contributed by atoms with Crippen LogP contribution in [0.25, 0.3) is 0 Å². The fourth-order valence-electron chi connectivity index (χ4n) is 0.918. The van der Waals surface area contributed by atoms with Gasteiger partial charge in [-0.05, 0) is 26.7 Å². The third-order valence-electron chi connectivity index (χ3n) is 1.88. The van der Waals surface area contributed by atoms with Gasteiger partial charge in [0.1, 0.15) is 6.29 Å². The van der Waals surface area contributed by atoms with Gasteiger partial charge in [0.2, 0.25) is 0 Å². The number of allylic oxidation sites excluding steroid dienone is 5. The summed E-state index contributed by atoms with van der Waals surface area (Å²) in [6.45, 7) is 7.76. The van der Waals surface area contributed by atoms with Crippen molar-refractivity contribution >= 4 is 6.29 Å². The Hall–Kier alpha value is -1.11. The van der Waals surface area contributed by atoms with Crippen molar-refractivity contribution in [1.82, 2.24) is 0 Å². The zero-order chi connectivity index (χ0) is 10.1. The lowest BCUT2D eigenvalue weighted by Gasteiger charge is -1.95. The fraction of sp³-hybridized carbons (Fsp3) is 0.417. The van der Waals surface area contributed by atoms with Crippen LogP contribution < -0.4 is 0 Å². The first-order chi connectivity index (χ1) is 6.20. The molecular weight excluding hydrogens is 160 g/mol. The lowest BCUT2D eigenvalue weighted by Crippen LogP contribution is -1.79. The second-order valence-corrected chi connectivity index (χ2v) is 3.14. The first-order valence-electron chi connectivity index (χ1n) is 4.59. The third-order valence-corrected chi connectivity index (χ3v) is 1.88. The van der Waals surface area contributed by atoms with Crippen LogP contribution in [0.5, 0.6) is 0 Å². The van der Waals surface area contributed by atoms with Gasteiger partial charge in [0.15, 0.2) is 0 Å². The van der Waals surface area contributed by atoms with E-state index in [2.05, 4.69) is 25.7 Å². The first-order valence-corrected chi connectivity index (χ1v) is 4.59. The molecule has 0 aromatic carbocycles. The maximum absolute atomic E-state index is 10.1. The minimum absolute atomic E-state index is 0.631. The van der Waals surface area contributed by atoms with Crippen molar-refractivity contribution in [2.24, 2.45) is 0 Å². The number of carbonyl (C=O) groups excluding carboxylic acids is 1. The first kappa shape index (κ1) is 11.9. The van der Waals surface area contributed by atoms with Crippen LogP contribution in [-0.4, -0.2) is 6.29 Å². The quantitative estimate of drug-likeness (QED) is 0.346. The summed E-state index contributed by atoms with van der Waals surface area (Å²) >= 11 is 0. The number of rotatable bonds is 6. The lowest BCUT2D eigenvalue weighted by atomic mass is 10.1. The summed E-state index contributed by atoms with van der Waals surface area (Å²) in [4.78, 5) is 10.1. The molecule has 72 valence electrons. The minimum Gasteiger partial charge on any atom is -0.303 e. The van der Waals surface area contributed by atoms with E-state index in [0.29, 0.717) is 6.42 Å². The van der Waals surface area contributed by atoms with Crippen molar-refractivity contribution in [3.8, 4) is 0 Å². The molecule has 0 atom stereocenters. The Kier molecular flexibility index (Phi) is 6.89. The van der Waals surface area contributed by atoms with Crippen molar-refractivity contribution in [3.63, 3.8) is 0 Å². The van der Waals surface area contributed by atoms with Gasteiger partial charge in [0, 0.05) is 6.42 Å². The summed E-state index contributed by atoms with van der Waals surface area (Å²) < 4.78 is 0. The Morgan fingerprint density at radius 3 is 2.54 bits per heavy atom. The molecule has 0 N–H and O–H groups in total. The molecule has 0 rings (SSSR count). The summed E-state index contributed by atoms with van der Waals surface area (Å²) in [5.74, 6) is 0. The summed E-state index contributed by atoms with van der Waals surface area (Å²) in [7, 11) is 0. The molecule has 0 aliphatic rings. The van der Waals surface area contributed by atoms with Gasteiger partial charge in [-0.2, -0.15) is 0 Å². The molecule has 0 amide bonds. The van der Waals surface area contributed by atoms with Crippen LogP contribution >= 0.6 is 0 Å². The van der Waals surface area contributed by atoms with Crippen LogP contribution in [0.1, 0.15) is 33.1 Å². The van der Waals surface area contributed by atoms with Gasteiger partial charge in [0.25, 0.3) is 0 Å². The van der Waals surface area contributed by atoms with Crippen LogP contribution in [0.4, 0.5) is 0 Å². The van der Waals surface area contributed by atoms with Gasteiger partial charge in [-0.25, -0.2) is 0 Å². The number of aldehydes is 1. The molecule has 0 bridgehead atoms. The van der Waals surface area contributed by atoms with Crippen molar-refractivity contribution in [2.75, 3.05) is 0 Å². The van der Waals surface area contributed by atoms with E-state index < -0.39 is 0 Å². The molecule has 0 aromatic rings. The topological polar surface area (TPSA) is 17.1 Å². The highest BCUT2D eigenvalue weighted by atomic mass is 16.1. The fourth-order valence-corrected chi connectivity index (χ4v) is 0.918. The largest absolute Gasteiger partial charge is 0.303 e. The second-order valence-electron chi connectivity index (χ2n) is 3.14. The van der Waals surface area contributed by atoms with E-state index in [1.54, 1.807) is 0 Å². The van der Waals surface area contributed by atoms with E-state index >= 15 is 0 Å². The molecule has 0 aliphatic heterocycles. The zero-order valence-corrected chi connectivity index (χ0v) is 8.55. The van der Waals surface area contributed by atoms with Crippen molar-refractivity contribution in [1.29, 1.82) is 0 Å². The Bertz CT molecular complexity index is 221. The molecular formula is C12H18O. The Labute approximate surface area is 80.8 Å². The number of carbonyl (C=O) groups is 1. The Balaban J connectivity index is 3.82.